The molecule has 186 valence electrons. The van der Waals surface area contributed by atoms with Gasteiger partial charge in [-0.05, 0) is 54.2 Å². The molecule has 0 radical (unpaired) electrons. The third kappa shape index (κ3) is 5.27. The first-order chi connectivity index (χ1) is 16.6. The van der Waals surface area contributed by atoms with Gasteiger partial charge in [-0.1, -0.05) is 12.1 Å². The van der Waals surface area contributed by atoms with Crippen LogP contribution in [0.5, 0.6) is 0 Å². The van der Waals surface area contributed by atoms with E-state index < -0.39 is 17.3 Å². The number of piperidine rings is 1. The maximum absolute atomic E-state index is 13.5. The highest BCUT2D eigenvalue weighted by atomic mass is 19.4. The number of carbonyl (C=O) groups is 1. The lowest BCUT2D eigenvalue weighted by atomic mass is 9.71. The van der Waals surface area contributed by atoms with Gasteiger partial charge in [-0.15, -0.1) is 0 Å². The predicted octanol–water partition coefficient (Wildman–Crippen LogP) is 4.65. The Morgan fingerprint density at radius 1 is 1.20 bits per heavy atom. The van der Waals surface area contributed by atoms with E-state index in [1.807, 2.05) is 4.90 Å². The van der Waals surface area contributed by atoms with Gasteiger partial charge in [-0.3, -0.25) is 4.79 Å². The quantitative estimate of drug-likeness (QED) is 0.574. The van der Waals surface area contributed by atoms with E-state index in [2.05, 4.69) is 0 Å². The maximum Gasteiger partial charge on any atom is 0.417 e. The van der Waals surface area contributed by atoms with Gasteiger partial charge >= 0.3 is 6.18 Å². The number of hydrogen-bond donors (Lipinski definition) is 0. The largest absolute Gasteiger partial charge is 0.417 e. The number of hydrogen-bond acceptors (Lipinski definition) is 4. The average Bonchev–Trinajstić information content (AvgIpc) is 3.16. The minimum Gasteiger partial charge on any atom is -0.384 e. The molecular weight excluding hydrogens is 462 g/mol. The van der Waals surface area contributed by atoms with Crippen molar-refractivity contribution in [3.8, 4) is 6.07 Å². The van der Waals surface area contributed by atoms with Crippen LogP contribution in [0.15, 0.2) is 42.5 Å². The van der Waals surface area contributed by atoms with Crippen molar-refractivity contribution >= 4 is 11.6 Å². The molecule has 5 nitrogen and oxygen atoms in total. The van der Waals surface area contributed by atoms with Crippen molar-refractivity contribution in [1.29, 1.82) is 5.26 Å². The molecule has 1 amide bonds. The van der Waals surface area contributed by atoms with E-state index in [4.69, 9.17) is 10.00 Å². The van der Waals surface area contributed by atoms with Gasteiger partial charge in [-0.25, -0.2) is 4.39 Å². The molecule has 35 heavy (non-hydrogen) atoms. The zero-order chi connectivity index (χ0) is 25.2. The Labute approximate surface area is 201 Å². The van der Waals surface area contributed by atoms with Crippen LogP contribution in [0.3, 0.4) is 0 Å². The molecule has 2 saturated heterocycles. The van der Waals surface area contributed by atoms with Crippen LogP contribution >= 0.6 is 0 Å². The Morgan fingerprint density at radius 3 is 2.57 bits per heavy atom. The van der Waals surface area contributed by atoms with E-state index in [0.29, 0.717) is 56.9 Å². The summed E-state index contributed by atoms with van der Waals surface area (Å²) in [6.07, 6.45) is -3.08. The van der Waals surface area contributed by atoms with E-state index in [1.54, 1.807) is 36.3 Å². The van der Waals surface area contributed by atoms with Crippen LogP contribution in [0, 0.1) is 28.5 Å². The van der Waals surface area contributed by atoms with Gasteiger partial charge in [0, 0.05) is 44.9 Å². The predicted molar refractivity (Wildman–Crippen MR) is 122 cm³/mol. The third-order valence-corrected chi connectivity index (χ3v) is 7.33. The van der Waals surface area contributed by atoms with E-state index >= 15 is 0 Å². The van der Waals surface area contributed by atoms with Crippen LogP contribution in [-0.2, 0) is 22.1 Å². The lowest BCUT2D eigenvalue weighted by Gasteiger charge is -2.42. The Hall–Kier alpha value is -3.12. The summed E-state index contributed by atoms with van der Waals surface area (Å²) < 4.78 is 59.4. The summed E-state index contributed by atoms with van der Waals surface area (Å²) in [6, 6.07) is 11.5. The summed E-state index contributed by atoms with van der Waals surface area (Å²) in [5, 5.41) is 9.09. The Balaban J connectivity index is 1.48. The van der Waals surface area contributed by atoms with Crippen molar-refractivity contribution in [3.63, 3.8) is 0 Å². The fourth-order valence-electron chi connectivity index (χ4n) is 5.42. The lowest BCUT2D eigenvalue weighted by molar-refractivity contribution is -0.137. The third-order valence-electron chi connectivity index (χ3n) is 7.33. The van der Waals surface area contributed by atoms with Gasteiger partial charge in [0.2, 0.25) is 5.91 Å². The first kappa shape index (κ1) is 25.0. The molecule has 4 rings (SSSR count). The second kappa shape index (κ2) is 9.86. The van der Waals surface area contributed by atoms with Crippen LogP contribution in [-0.4, -0.2) is 50.7 Å². The molecule has 1 spiro atoms. The number of anilines is 1. The van der Waals surface area contributed by atoms with Gasteiger partial charge < -0.3 is 14.5 Å². The monoisotopic (exact) mass is 489 g/mol. The number of amides is 1. The van der Waals surface area contributed by atoms with E-state index in [0.717, 1.165) is 6.07 Å². The number of halogens is 4. The molecule has 0 aliphatic carbocycles. The molecule has 2 aromatic rings. The molecule has 0 saturated carbocycles. The molecule has 2 fully saturated rings. The number of methoxy groups -OCH3 is 1. The van der Waals surface area contributed by atoms with Crippen LogP contribution in [0.25, 0.3) is 0 Å². The van der Waals surface area contributed by atoms with E-state index in [1.165, 1.54) is 18.2 Å². The van der Waals surface area contributed by atoms with E-state index in [-0.39, 0.29) is 29.5 Å². The first-order valence-corrected chi connectivity index (χ1v) is 11.5. The van der Waals surface area contributed by atoms with Crippen molar-refractivity contribution in [1.82, 2.24) is 4.90 Å². The van der Waals surface area contributed by atoms with Crippen molar-refractivity contribution < 1.29 is 27.1 Å². The standard InChI is InChI=1S/C26H27F4N3O2/c1-35-16-20-15-33(22-6-5-19(14-31)23(13-22)26(28,29)30)17-25(20)7-9-32(10-8-25)24(34)12-18-3-2-4-21(27)11-18/h2-6,11,13,20H,7-10,12,15-17H2,1H3. The van der Waals surface area contributed by atoms with Gasteiger partial charge in [-0.2, -0.15) is 18.4 Å². The summed E-state index contributed by atoms with van der Waals surface area (Å²) in [7, 11) is 1.61. The summed E-state index contributed by atoms with van der Waals surface area (Å²) in [5.41, 5.74) is -0.467. The highest BCUT2D eigenvalue weighted by molar-refractivity contribution is 5.78. The fraction of sp³-hybridized carbons (Fsp3) is 0.462. The number of ether oxygens (including phenoxy) is 1. The van der Waals surface area contributed by atoms with Gasteiger partial charge in [0.25, 0.3) is 0 Å². The van der Waals surface area contributed by atoms with Crippen molar-refractivity contribution in [2.24, 2.45) is 11.3 Å². The molecule has 2 aliphatic heterocycles. The minimum atomic E-state index is -4.61. The number of nitriles is 1. The van der Waals surface area contributed by atoms with Crippen LogP contribution in [0.1, 0.15) is 29.5 Å². The summed E-state index contributed by atoms with van der Waals surface area (Å²) in [4.78, 5) is 16.5. The lowest BCUT2D eigenvalue weighted by Crippen LogP contribution is -2.47. The highest BCUT2D eigenvalue weighted by Crippen LogP contribution is 2.47. The molecule has 1 atom stereocenters. The first-order valence-electron chi connectivity index (χ1n) is 11.5. The zero-order valence-corrected chi connectivity index (χ0v) is 19.4. The second-order valence-corrected chi connectivity index (χ2v) is 9.42. The SMILES string of the molecule is COCC1CN(c2ccc(C#N)c(C(F)(F)F)c2)CC12CCN(C(=O)Cc1cccc(F)c1)CC2. The molecule has 9 heteroatoms. The number of nitrogens with zero attached hydrogens (tertiary/aromatic N) is 3. The molecular formula is C26H27F4N3O2. The normalized spacial score (nSPS) is 19.7. The minimum absolute atomic E-state index is 0.0643. The van der Waals surface area contributed by atoms with Crippen LogP contribution in [0.2, 0.25) is 0 Å². The number of rotatable bonds is 5. The van der Waals surface area contributed by atoms with E-state index in [9.17, 15) is 22.4 Å². The fourth-order valence-corrected chi connectivity index (χ4v) is 5.42. The van der Waals surface area contributed by atoms with Crippen molar-refractivity contribution in [2.75, 3.05) is 44.8 Å². The van der Waals surface area contributed by atoms with Crippen molar-refractivity contribution in [3.05, 3.63) is 65.0 Å². The van der Waals surface area contributed by atoms with Gasteiger partial charge in [0.15, 0.2) is 0 Å². The molecule has 2 aliphatic rings. The Bertz CT molecular complexity index is 1120. The van der Waals surface area contributed by atoms with Crippen LogP contribution in [0.4, 0.5) is 23.2 Å². The Morgan fingerprint density at radius 2 is 1.94 bits per heavy atom. The smallest absolute Gasteiger partial charge is 0.384 e. The number of alkyl halides is 3. The Kier molecular flexibility index (Phi) is 7.04. The molecule has 2 heterocycles. The number of benzene rings is 2. The maximum atomic E-state index is 13.5. The van der Waals surface area contributed by atoms with Gasteiger partial charge in [0.1, 0.15) is 5.82 Å². The number of carbonyl (C=O) groups excluding carboxylic acids is 1. The molecule has 0 bridgehead atoms. The molecule has 0 aromatic heterocycles. The van der Waals surface area contributed by atoms with Crippen LogP contribution < -0.4 is 4.90 Å². The van der Waals surface area contributed by atoms with Gasteiger partial charge in [0.05, 0.1) is 30.2 Å². The molecule has 2 aromatic carbocycles. The summed E-state index contributed by atoms with van der Waals surface area (Å²) in [6.45, 7) is 2.62. The highest BCUT2D eigenvalue weighted by Gasteiger charge is 2.48. The second-order valence-electron chi connectivity index (χ2n) is 9.42. The van der Waals surface area contributed by atoms with Crippen molar-refractivity contribution in [2.45, 2.75) is 25.4 Å². The topological polar surface area (TPSA) is 56.6 Å². The average molecular weight is 490 g/mol. The summed E-state index contributed by atoms with van der Waals surface area (Å²) in [5.74, 6) is -0.346. The summed E-state index contributed by atoms with van der Waals surface area (Å²) >= 11 is 0. The molecule has 1 unspecified atom stereocenters. The zero-order valence-electron chi connectivity index (χ0n) is 19.4. The number of likely N-dealkylation sites (tertiary alicyclic amines) is 1. The molecule has 0 N–H and O–H groups in total.